The topological polar surface area (TPSA) is 46.6 Å². The van der Waals surface area contributed by atoms with Crippen molar-refractivity contribution in [1.82, 2.24) is 4.90 Å². The van der Waals surface area contributed by atoms with Gasteiger partial charge in [0, 0.05) is 13.1 Å². The van der Waals surface area contributed by atoms with Crippen molar-refractivity contribution in [2.75, 3.05) is 13.1 Å². The molecule has 0 aliphatic rings. The summed E-state index contributed by atoms with van der Waals surface area (Å²) in [5, 5.41) is 2.81. The van der Waals surface area contributed by atoms with E-state index >= 15 is 0 Å². The van der Waals surface area contributed by atoms with Crippen molar-refractivity contribution in [3.05, 3.63) is 35.9 Å². The molecule has 0 aliphatic carbocycles. The van der Waals surface area contributed by atoms with Crippen LogP contribution in [0.5, 0.6) is 5.75 Å². The summed E-state index contributed by atoms with van der Waals surface area (Å²) in [7, 11) is -1.82. The average Bonchev–Trinajstić information content (AvgIpc) is 2.54. The first kappa shape index (κ1) is 18.2. The lowest BCUT2D eigenvalue weighted by atomic mass is 10.0. The Kier molecular flexibility index (Phi) is 5.44. The van der Waals surface area contributed by atoms with Crippen LogP contribution in [-0.2, 0) is 0 Å². The molecule has 0 aromatic heterocycles. The number of aldehydes is 1. The first-order valence-electron chi connectivity index (χ1n) is 8.31. The van der Waals surface area contributed by atoms with E-state index < -0.39 is 14.2 Å². The highest BCUT2D eigenvalue weighted by Crippen LogP contribution is 2.28. The highest BCUT2D eigenvalue weighted by Gasteiger charge is 2.27. The van der Waals surface area contributed by atoms with E-state index in [-0.39, 0.29) is 0 Å². The number of carbonyl (C=O) groups excluding carboxylic acids is 2. The number of rotatable bonds is 5. The van der Waals surface area contributed by atoms with E-state index in [9.17, 15) is 9.59 Å². The second kappa shape index (κ2) is 7.17. The van der Waals surface area contributed by atoms with Gasteiger partial charge in [0.25, 0.3) is 0 Å². The molecular weight excluding hydrogens is 318 g/mol. The van der Waals surface area contributed by atoms with Crippen molar-refractivity contribution in [1.29, 1.82) is 0 Å². The van der Waals surface area contributed by atoms with Gasteiger partial charge in [0.2, 0.25) is 0 Å². The molecule has 0 radical (unpaired) electrons. The lowest BCUT2D eigenvalue weighted by molar-refractivity contribution is 0.112. The van der Waals surface area contributed by atoms with E-state index in [1.165, 1.54) is 0 Å². The maximum Gasteiger partial charge on any atom is 0.415 e. The lowest BCUT2D eigenvalue weighted by Gasteiger charge is -2.25. The number of hydrogen-bond acceptors (Lipinski definition) is 3. The van der Waals surface area contributed by atoms with Crippen LogP contribution >= 0.6 is 0 Å². The van der Waals surface area contributed by atoms with E-state index in [2.05, 4.69) is 25.7 Å². The molecule has 0 aliphatic heterocycles. The standard InChI is InChI=1S/C19H25NO3Si/c1-6-20(7-2)19(22)23-18-16(13-21)15-11-9-8-10-14(15)12-17(18)24(3,4)5/h8-13H,6-7H2,1-5H3. The van der Waals surface area contributed by atoms with E-state index in [1.54, 1.807) is 4.90 Å². The maximum absolute atomic E-state index is 12.5. The number of carbonyl (C=O) groups is 2. The quantitative estimate of drug-likeness (QED) is 0.608. The van der Waals surface area contributed by atoms with Gasteiger partial charge in [-0.15, -0.1) is 0 Å². The lowest BCUT2D eigenvalue weighted by Crippen LogP contribution is -2.41. The van der Waals surface area contributed by atoms with Crippen LogP contribution in [0.4, 0.5) is 4.79 Å². The Bertz CT molecular complexity index is 761. The van der Waals surface area contributed by atoms with Crippen molar-refractivity contribution >= 4 is 36.4 Å². The van der Waals surface area contributed by atoms with Crippen molar-refractivity contribution in [3.63, 3.8) is 0 Å². The Morgan fingerprint density at radius 1 is 1.17 bits per heavy atom. The third kappa shape index (κ3) is 3.51. The van der Waals surface area contributed by atoms with Crippen molar-refractivity contribution in [3.8, 4) is 5.75 Å². The number of nitrogens with zero attached hydrogens (tertiary/aromatic N) is 1. The van der Waals surface area contributed by atoms with Crippen LogP contribution in [0.3, 0.4) is 0 Å². The van der Waals surface area contributed by atoms with Crippen LogP contribution in [0.25, 0.3) is 10.8 Å². The van der Waals surface area contributed by atoms with Crippen LogP contribution in [0.2, 0.25) is 19.6 Å². The fourth-order valence-electron chi connectivity index (χ4n) is 2.77. The molecule has 0 N–H and O–H groups in total. The molecule has 0 unspecified atom stereocenters. The van der Waals surface area contributed by atoms with Gasteiger partial charge in [0.05, 0.1) is 13.6 Å². The Morgan fingerprint density at radius 3 is 2.33 bits per heavy atom. The Labute approximate surface area is 144 Å². The number of fused-ring (bicyclic) bond motifs is 1. The number of benzene rings is 2. The largest absolute Gasteiger partial charge is 0.415 e. The SMILES string of the molecule is CCN(CC)C(=O)Oc1c([Si](C)(C)C)cc2ccccc2c1C=O. The third-order valence-corrected chi connectivity index (χ3v) is 6.16. The fraction of sp³-hybridized carbons (Fsp3) is 0.368. The van der Waals surface area contributed by atoms with Gasteiger partial charge in [-0.3, -0.25) is 4.79 Å². The van der Waals surface area contributed by atoms with Gasteiger partial charge in [-0.05, 0) is 29.8 Å². The molecule has 2 rings (SSSR count). The van der Waals surface area contributed by atoms with E-state index in [1.807, 2.05) is 38.1 Å². The first-order chi connectivity index (χ1) is 11.3. The zero-order chi connectivity index (χ0) is 17.9. The molecular formula is C19H25NO3Si. The summed E-state index contributed by atoms with van der Waals surface area (Å²) in [6, 6.07) is 9.79. The average molecular weight is 343 g/mol. The maximum atomic E-state index is 12.5. The van der Waals surface area contributed by atoms with Crippen molar-refractivity contribution in [2.24, 2.45) is 0 Å². The van der Waals surface area contributed by atoms with Gasteiger partial charge in [-0.25, -0.2) is 4.79 Å². The number of hydrogen-bond donors (Lipinski definition) is 0. The normalized spacial score (nSPS) is 11.4. The molecule has 24 heavy (non-hydrogen) atoms. The molecule has 0 saturated heterocycles. The predicted octanol–water partition coefficient (Wildman–Crippen LogP) is 4.04. The van der Waals surface area contributed by atoms with Crippen LogP contribution in [-0.4, -0.2) is 38.4 Å². The van der Waals surface area contributed by atoms with Gasteiger partial charge in [0.15, 0.2) is 6.29 Å². The monoisotopic (exact) mass is 343 g/mol. The van der Waals surface area contributed by atoms with Crippen molar-refractivity contribution in [2.45, 2.75) is 33.5 Å². The minimum Gasteiger partial charge on any atom is -0.410 e. The summed E-state index contributed by atoms with van der Waals surface area (Å²) < 4.78 is 5.74. The summed E-state index contributed by atoms with van der Waals surface area (Å²) in [4.78, 5) is 25.9. The highest BCUT2D eigenvalue weighted by atomic mass is 28.3. The highest BCUT2D eigenvalue weighted by molar-refractivity contribution is 6.89. The summed E-state index contributed by atoms with van der Waals surface area (Å²) in [5.74, 6) is 0.430. The van der Waals surface area contributed by atoms with Gasteiger partial charge in [-0.1, -0.05) is 50.0 Å². The first-order valence-corrected chi connectivity index (χ1v) is 11.8. The second-order valence-corrected chi connectivity index (χ2v) is 11.8. The molecule has 2 aromatic rings. The molecule has 0 fully saturated rings. The smallest absolute Gasteiger partial charge is 0.410 e. The van der Waals surface area contributed by atoms with Crippen LogP contribution in [0.15, 0.2) is 30.3 Å². The predicted molar refractivity (Wildman–Crippen MR) is 101 cm³/mol. The molecule has 0 bridgehead atoms. The summed E-state index contributed by atoms with van der Waals surface area (Å²) >= 11 is 0. The Hall–Kier alpha value is -2.14. The van der Waals surface area contributed by atoms with Crippen LogP contribution in [0, 0.1) is 0 Å². The summed E-state index contributed by atoms with van der Waals surface area (Å²) in [5.41, 5.74) is 0.464. The fourth-order valence-corrected chi connectivity index (χ4v) is 4.23. The van der Waals surface area contributed by atoms with Crippen LogP contribution < -0.4 is 9.92 Å². The Morgan fingerprint density at radius 2 is 1.79 bits per heavy atom. The molecule has 0 saturated carbocycles. The van der Waals surface area contributed by atoms with E-state index in [4.69, 9.17) is 4.74 Å². The minimum atomic E-state index is -1.82. The van der Waals surface area contributed by atoms with E-state index in [0.717, 1.165) is 22.2 Å². The molecule has 0 spiro atoms. The number of amides is 1. The molecule has 0 heterocycles. The summed E-state index contributed by atoms with van der Waals surface area (Å²) in [6.07, 6.45) is 0.398. The molecule has 1 amide bonds. The van der Waals surface area contributed by atoms with Gasteiger partial charge in [-0.2, -0.15) is 0 Å². The molecule has 0 atom stereocenters. The van der Waals surface area contributed by atoms with Gasteiger partial charge < -0.3 is 9.64 Å². The zero-order valence-electron chi connectivity index (χ0n) is 15.1. The second-order valence-electron chi connectivity index (χ2n) is 6.80. The van der Waals surface area contributed by atoms with E-state index in [0.29, 0.717) is 24.4 Å². The van der Waals surface area contributed by atoms with Gasteiger partial charge >= 0.3 is 6.09 Å². The minimum absolute atomic E-state index is 0.405. The molecule has 128 valence electrons. The van der Waals surface area contributed by atoms with Crippen molar-refractivity contribution < 1.29 is 14.3 Å². The summed E-state index contributed by atoms with van der Waals surface area (Å²) in [6.45, 7) is 11.5. The number of ether oxygens (including phenoxy) is 1. The molecule has 5 heteroatoms. The molecule has 2 aromatic carbocycles. The van der Waals surface area contributed by atoms with Gasteiger partial charge in [0.1, 0.15) is 5.75 Å². The Balaban J connectivity index is 2.69. The third-order valence-electron chi connectivity index (χ3n) is 4.18. The zero-order valence-corrected chi connectivity index (χ0v) is 16.1. The molecule has 4 nitrogen and oxygen atoms in total. The van der Waals surface area contributed by atoms with Crippen LogP contribution in [0.1, 0.15) is 24.2 Å².